The topological polar surface area (TPSA) is 74.8 Å². The first-order valence-electron chi connectivity index (χ1n) is 8.05. The summed E-state index contributed by atoms with van der Waals surface area (Å²) in [5.74, 6) is 0.382. The highest BCUT2D eigenvalue weighted by atomic mass is 35.5. The SMILES string of the molecule is C[C@@H](NC(=O)CCc1nc2cc(Cl)ccc2c(=O)[nH]1)c1ccccc1. The van der Waals surface area contributed by atoms with Crippen LogP contribution in [0.1, 0.15) is 30.8 Å². The van der Waals surface area contributed by atoms with Gasteiger partial charge in [-0.1, -0.05) is 41.9 Å². The van der Waals surface area contributed by atoms with Crippen LogP contribution < -0.4 is 10.9 Å². The van der Waals surface area contributed by atoms with E-state index in [1.165, 1.54) is 0 Å². The number of amides is 1. The summed E-state index contributed by atoms with van der Waals surface area (Å²) >= 11 is 5.95. The summed E-state index contributed by atoms with van der Waals surface area (Å²) in [7, 11) is 0. The molecule has 128 valence electrons. The number of aryl methyl sites for hydroxylation is 1. The summed E-state index contributed by atoms with van der Waals surface area (Å²) in [6.45, 7) is 1.94. The van der Waals surface area contributed by atoms with Crippen LogP contribution in [0, 0.1) is 0 Å². The standard InChI is InChI=1S/C19H18ClN3O2/c1-12(13-5-3-2-4-6-13)21-18(24)10-9-17-22-16-11-14(20)7-8-15(16)19(25)23-17/h2-8,11-12H,9-10H2,1H3,(H,21,24)(H,22,23,25)/t12-/m1/s1. The average molecular weight is 356 g/mol. The number of rotatable bonds is 5. The highest BCUT2D eigenvalue weighted by Crippen LogP contribution is 2.15. The maximum atomic E-state index is 12.2. The molecule has 2 N–H and O–H groups in total. The van der Waals surface area contributed by atoms with Crippen molar-refractivity contribution in [2.75, 3.05) is 0 Å². The van der Waals surface area contributed by atoms with Crippen LogP contribution in [-0.4, -0.2) is 15.9 Å². The second-order valence-electron chi connectivity index (χ2n) is 5.87. The molecular weight excluding hydrogens is 338 g/mol. The summed E-state index contributed by atoms with van der Waals surface area (Å²) in [5, 5.41) is 3.95. The van der Waals surface area contributed by atoms with E-state index in [4.69, 9.17) is 11.6 Å². The molecule has 0 bridgehead atoms. The third-order valence-electron chi connectivity index (χ3n) is 3.98. The minimum absolute atomic E-state index is 0.0730. The maximum Gasteiger partial charge on any atom is 0.258 e. The van der Waals surface area contributed by atoms with Gasteiger partial charge < -0.3 is 10.3 Å². The van der Waals surface area contributed by atoms with Gasteiger partial charge in [0.1, 0.15) is 5.82 Å². The second-order valence-corrected chi connectivity index (χ2v) is 6.31. The van der Waals surface area contributed by atoms with Gasteiger partial charge in [0.05, 0.1) is 16.9 Å². The molecular formula is C19H18ClN3O2. The maximum absolute atomic E-state index is 12.2. The van der Waals surface area contributed by atoms with Crippen LogP contribution in [0.2, 0.25) is 5.02 Å². The lowest BCUT2D eigenvalue weighted by molar-refractivity contribution is -0.121. The fourth-order valence-electron chi connectivity index (χ4n) is 2.65. The molecule has 25 heavy (non-hydrogen) atoms. The predicted molar refractivity (Wildman–Crippen MR) is 98.7 cm³/mol. The summed E-state index contributed by atoms with van der Waals surface area (Å²) in [6.07, 6.45) is 0.594. The molecule has 0 radical (unpaired) electrons. The van der Waals surface area contributed by atoms with E-state index in [9.17, 15) is 9.59 Å². The molecule has 1 atom stereocenters. The van der Waals surface area contributed by atoms with E-state index >= 15 is 0 Å². The van der Waals surface area contributed by atoms with Gasteiger partial charge in [0, 0.05) is 17.9 Å². The van der Waals surface area contributed by atoms with E-state index in [2.05, 4.69) is 15.3 Å². The van der Waals surface area contributed by atoms with Crippen LogP contribution in [0.15, 0.2) is 53.3 Å². The van der Waals surface area contributed by atoms with E-state index in [-0.39, 0.29) is 23.9 Å². The summed E-state index contributed by atoms with van der Waals surface area (Å²) in [4.78, 5) is 31.3. The third kappa shape index (κ3) is 4.25. The van der Waals surface area contributed by atoms with Crippen LogP contribution in [0.3, 0.4) is 0 Å². The molecule has 3 aromatic rings. The Morgan fingerprint density at radius 1 is 1.24 bits per heavy atom. The number of fused-ring (bicyclic) bond motifs is 1. The largest absolute Gasteiger partial charge is 0.350 e. The van der Waals surface area contributed by atoms with Gasteiger partial charge >= 0.3 is 0 Å². The summed E-state index contributed by atoms with van der Waals surface area (Å²) < 4.78 is 0. The van der Waals surface area contributed by atoms with E-state index in [1.807, 2.05) is 37.3 Å². The number of H-pyrrole nitrogens is 1. The molecule has 2 aromatic carbocycles. The minimum Gasteiger partial charge on any atom is -0.350 e. The quantitative estimate of drug-likeness (QED) is 0.736. The van der Waals surface area contributed by atoms with Crippen molar-refractivity contribution < 1.29 is 4.79 Å². The van der Waals surface area contributed by atoms with Crippen molar-refractivity contribution in [1.82, 2.24) is 15.3 Å². The number of benzene rings is 2. The van der Waals surface area contributed by atoms with Crippen molar-refractivity contribution in [3.05, 3.63) is 75.3 Å². The fourth-order valence-corrected chi connectivity index (χ4v) is 2.82. The van der Waals surface area contributed by atoms with Crippen molar-refractivity contribution in [2.45, 2.75) is 25.8 Å². The van der Waals surface area contributed by atoms with Crippen molar-refractivity contribution in [1.29, 1.82) is 0 Å². The number of hydrogen-bond acceptors (Lipinski definition) is 3. The van der Waals surface area contributed by atoms with Gasteiger partial charge in [0.25, 0.3) is 5.56 Å². The van der Waals surface area contributed by atoms with Crippen molar-refractivity contribution in [3.63, 3.8) is 0 Å². The summed E-state index contributed by atoms with van der Waals surface area (Å²) in [5.41, 5.74) is 1.35. The molecule has 0 aliphatic rings. The Kier molecular flexibility index (Phi) is 5.14. The number of carbonyl (C=O) groups is 1. The molecule has 0 aliphatic carbocycles. The monoisotopic (exact) mass is 355 g/mol. The Morgan fingerprint density at radius 2 is 2.00 bits per heavy atom. The molecule has 0 saturated heterocycles. The number of nitrogens with zero attached hydrogens (tertiary/aromatic N) is 1. The van der Waals surface area contributed by atoms with E-state index in [1.54, 1.807) is 18.2 Å². The molecule has 1 heterocycles. The highest BCUT2D eigenvalue weighted by molar-refractivity contribution is 6.31. The first-order chi connectivity index (χ1) is 12.0. The predicted octanol–water partition coefficient (Wildman–Crippen LogP) is 3.39. The van der Waals surface area contributed by atoms with Crippen molar-refractivity contribution >= 4 is 28.4 Å². The molecule has 0 fully saturated rings. The first kappa shape index (κ1) is 17.2. The zero-order valence-electron chi connectivity index (χ0n) is 13.8. The van der Waals surface area contributed by atoms with Crippen LogP contribution in [0.25, 0.3) is 10.9 Å². The number of aromatic nitrogens is 2. The fraction of sp³-hybridized carbons (Fsp3) is 0.211. The van der Waals surface area contributed by atoms with Gasteiger partial charge in [-0.3, -0.25) is 9.59 Å². The lowest BCUT2D eigenvalue weighted by atomic mass is 10.1. The van der Waals surface area contributed by atoms with E-state index in [0.717, 1.165) is 5.56 Å². The van der Waals surface area contributed by atoms with Gasteiger partial charge in [-0.05, 0) is 30.7 Å². The van der Waals surface area contributed by atoms with Crippen LogP contribution in [-0.2, 0) is 11.2 Å². The number of nitrogens with one attached hydrogen (secondary N) is 2. The highest BCUT2D eigenvalue weighted by Gasteiger charge is 2.11. The average Bonchev–Trinajstić information content (AvgIpc) is 2.60. The minimum atomic E-state index is -0.227. The number of hydrogen-bond donors (Lipinski definition) is 2. The van der Waals surface area contributed by atoms with Gasteiger partial charge in [0.2, 0.25) is 5.91 Å². The van der Waals surface area contributed by atoms with Crippen LogP contribution in [0.5, 0.6) is 0 Å². The Morgan fingerprint density at radius 3 is 2.76 bits per heavy atom. The zero-order chi connectivity index (χ0) is 17.8. The normalized spacial score (nSPS) is 12.1. The molecule has 1 amide bonds. The Hall–Kier alpha value is -2.66. The van der Waals surface area contributed by atoms with Gasteiger partial charge in [-0.2, -0.15) is 0 Å². The van der Waals surface area contributed by atoms with Gasteiger partial charge in [0.15, 0.2) is 0 Å². The van der Waals surface area contributed by atoms with Crippen molar-refractivity contribution in [3.8, 4) is 0 Å². The molecule has 0 saturated carbocycles. The Labute approximate surface area is 150 Å². The Bertz CT molecular complexity index is 954. The molecule has 6 heteroatoms. The van der Waals surface area contributed by atoms with Crippen LogP contribution in [0.4, 0.5) is 0 Å². The molecule has 5 nitrogen and oxygen atoms in total. The lowest BCUT2D eigenvalue weighted by Crippen LogP contribution is -2.27. The lowest BCUT2D eigenvalue weighted by Gasteiger charge is -2.14. The van der Waals surface area contributed by atoms with Gasteiger partial charge in [-0.25, -0.2) is 4.98 Å². The van der Waals surface area contributed by atoms with Crippen molar-refractivity contribution in [2.24, 2.45) is 0 Å². The van der Waals surface area contributed by atoms with Crippen LogP contribution >= 0.6 is 11.6 Å². The first-order valence-corrected chi connectivity index (χ1v) is 8.43. The third-order valence-corrected chi connectivity index (χ3v) is 4.22. The molecule has 1 aromatic heterocycles. The number of carbonyl (C=O) groups excluding carboxylic acids is 1. The molecule has 0 unspecified atom stereocenters. The van der Waals surface area contributed by atoms with E-state index < -0.39 is 0 Å². The second kappa shape index (κ2) is 7.49. The zero-order valence-corrected chi connectivity index (χ0v) is 14.5. The van der Waals surface area contributed by atoms with Gasteiger partial charge in [-0.15, -0.1) is 0 Å². The summed E-state index contributed by atoms with van der Waals surface area (Å²) in [6, 6.07) is 14.6. The number of aromatic amines is 1. The molecule has 3 rings (SSSR count). The van der Waals surface area contributed by atoms with E-state index in [0.29, 0.717) is 28.2 Å². The molecule has 0 spiro atoms. The number of halogens is 1. The molecule has 0 aliphatic heterocycles. The smallest absolute Gasteiger partial charge is 0.258 e. The Balaban J connectivity index is 1.66.